The van der Waals surface area contributed by atoms with Crippen LogP contribution in [0.15, 0.2) is 42.5 Å². The number of benzene rings is 2. The summed E-state index contributed by atoms with van der Waals surface area (Å²) in [4.78, 5) is 26.5. The molecule has 0 spiro atoms. The van der Waals surface area contributed by atoms with E-state index in [0.29, 0.717) is 19.5 Å². The highest BCUT2D eigenvalue weighted by Crippen LogP contribution is 2.21. The largest absolute Gasteiger partial charge is 0.444 e. The van der Waals surface area contributed by atoms with Crippen molar-refractivity contribution in [2.24, 2.45) is 0 Å². The quantitative estimate of drug-likeness (QED) is 0.621. The van der Waals surface area contributed by atoms with Crippen molar-refractivity contribution < 1.29 is 24.5 Å². The van der Waals surface area contributed by atoms with Gasteiger partial charge in [0.2, 0.25) is 5.91 Å². The third kappa shape index (κ3) is 6.82. The van der Waals surface area contributed by atoms with Crippen molar-refractivity contribution in [2.75, 3.05) is 13.2 Å². The van der Waals surface area contributed by atoms with Crippen LogP contribution in [0.3, 0.4) is 0 Å². The van der Waals surface area contributed by atoms with Crippen LogP contribution in [0, 0.1) is 11.8 Å². The number of aliphatic hydroxyl groups is 2. The molecule has 1 heterocycles. The Labute approximate surface area is 194 Å². The highest BCUT2D eigenvalue weighted by atomic mass is 16.6. The Balaban J connectivity index is 1.65. The van der Waals surface area contributed by atoms with Gasteiger partial charge in [-0.25, -0.2) is 4.79 Å². The van der Waals surface area contributed by atoms with Crippen LogP contribution in [-0.4, -0.2) is 51.9 Å². The molecule has 7 nitrogen and oxygen atoms in total. The van der Waals surface area contributed by atoms with Crippen LogP contribution in [0.2, 0.25) is 0 Å². The van der Waals surface area contributed by atoms with Crippen molar-refractivity contribution in [3.63, 3.8) is 0 Å². The van der Waals surface area contributed by atoms with E-state index in [9.17, 15) is 14.7 Å². The Morgan fingerprint density at radius 1 is 1.06 bits per heavy atom. The molecular weight excluding hydrogens is 420 g/mol. The maximum absolute atomic E-state index is 12.9. The van der Waals surface area contributed by atoms with Crippen molar-refractivity contribution in [3.8, 4) is 11.8 Å². The van der Waals surface area contributed by atoms with E-state index in [1.54, 1.807) is 25.7 Å². The fourth-order valence-corrected chi connectivity index (χ4v) is 3.51. The lowest BCUT2D eigenvalue weighted by Gasteiger charge is -2.32. The average Bonchev–Trinajstić information content (AvgIpc) is 2.79. The van der Waals surface area contributed by atoms with E-state index < -0.39 is 24.3 Å². The van der Waals surface area contributed by atoms with Crippen molar-refractivity contribution in [1.82, 2.24) is 10.2 Å². The van der Waals surface area contributed by atoms with Gasteiger partial charge in [0.15, 0.2) is 0 Å². The summed E-state index contributed by atoms with van der Waals surface area (Å²) in [7, 11) is 0. The van der Waals surface area contributed by atoms with E-state index in [4.69, 9.17) is 9.84 Å². The van der Waals surface area contributed by atoms with Crippen LogP contribution in [0.1, 0.15) is 48.6 Å². The van der Waals surface area contributed by atoms with Gasteiger partial charge in [-0.3, -0.25) is 4.79 Å². The minimum Gasteiger partial charge on any atom is -0.444 e. The Morgan fingerprint density at radius 2 is 1.73 bits per heavy atom. The minimum absolute atomic E-state index is 0.00810. The van der Waals surface area contributed by atoms with Crippen LogP contribution in [-0.2, 0) is 29.1 Å². The number of carbonyl (C=O) groups excluding carboxylic acids is 2. The zero-order chi connectivity index (χ0) is 24.0. The van der Waals surface area contributed by atoms with Crippen molar-refractivity contribution in [3.05, 3.63) is 70.3 Å². The lowest BCUT2D eigenvalue weighted by molar-refractivity contribution is -0.135. The molecule has 1 aliphatic heterocycles. The van der Waals surface area contributed by atoms with Crippen molar-refractivity contribution >= 4 is 12.0 Å². The number of alkyl carbamates (subject to hydrolysis) is 1. The van der Waals surface area contributed by atoms with Crippen LogP contribution in [0.5, 0.6) is 0 Å². The van der Waals surface area contributed by atoms with E-state index >= 15 is 0 Å². The Kier molecular flexibility index (Phi) is 7.75. The molecule has 174 valence electrons. The van der Waals surface area contributed by atoms with Gasteiger partial charge in [0.1, 0.15) is 11.6 Å². The van der Waals surface area contributed by atoms with Gasteiger partial charge in [-0.05, 0) is 68.1 Å². The van der Waals surface area contributed by atoms with Gasteiger partial charge in [-0.15, -0.1) is 0 Å². The van der Waals surface area contributed by atoms with Crippen LogP contribution in [0.4, 0.5) is 4.79 Å². The van der Waals surface area contributed by atoms with Gasteiger partial charge in [-0.1, -0.05) is 30.0 Å². The zero-order valence-electron chi connectivity index (χ0n) is 19.2. The molecule has 1 aliphatic rings. The first kappa shape index (κ1) is 24.3. The van der Waals surface area contributed by atoms with Gasteiger partial charge >= 0.3 is 6.09 Å². The normalized spacial score (nSPS) is 13.9. The molecule has 2 aromatic carbocycles. The molecular formula is C26H30N2O5. The van der Waals surface area contributed by atoms with Gasteiger partial charge in [0, 0.05) is 24.2 Å². The maximum Gasteiger partial charge on any atom is 0.408 e. The number of nitrogens with zero attached hydrogens (tertiary/aromatic N) is 1. The lowest BCUT2D eigenvalue weighted by atomic mass is 9.96. The molecule has 3 rings (SSSR count). The van der Waals surface area contributed by atoms with Crippen molar-refractivity contribution in [2.45, 2.75) is 52.0 Å². The van der Waals surface area contributed by atoms with E-state index in [1.165, 1.54) is 0 Å². The standard InChI is InChI=1S/C26H30N2O5/c1-26(2,3)33-25(32)27-23(17-30)24(31)28-13-12-21-14-19(10-11-22(21)15-28)7-4-18-5-8-20(16-29)9-6-18/h5-6,8-11,14,23,29-30H,12-13,15-17H2,1-3H3,(H,27,32)/t23-/m1/s1. The molecule has 0 aliphatic carbocycles. The molecule has 0 aromatic heterocycles. The molecule has 3 N–H and O–H groups in total. The lowest BCUT2D eigenvalue weighted by Crippen LogP contribution is -2.52. The number of rotatable bonds is 4. The van der Waals surface area contributed by atoms with Gasteiger partial charge in [0.05, 0.1) is 13.2 Å². The highest BCUT2D eigenvalue weighted by Gasteiger charge is 2.29. The molecule has 0 saturated carbocycles. The summed E-state index contributed by atoms with van der Waals surface area (Å²) in [5, 5.41) is 21.2. The van der Waals surface area contributed by atoms with Crippen LogP contribution >= 0.6 is 0 Å². The summed E-state index contributed by atoms with van der Waals surface area (Å²) in [6, 6.07) is 12.3. The first-order valence-corrected chi connectivity index (χ1v) is 10.9. The molecule has 2 amide bonds. The number of nitrogens with one attached hydrogen (secondary N) is 1. The topological polar surface area (TPSA) is 99.1 Å². The number of hydrogen-bond acceptors (Lipinski definition) is 5. The van der Waals surface area contributed by atoms with Gasteiger partial charge in [0.25, 0.3) is 0 Å². The summed E-state index contributed by atoms with van der Waals surface area (Å²) >= 11 is 0. The van der Waals surface area contributed by atoms with E-state index in [2.05, 4.69) is 17.2 Å². The minimum atomic E-state index is -1.05. The fraction of sp³-hybridized carbons (Fsp3) is 0.385. The van der Waals surface area contributed by atoms with E-state index in [-0.39, 0.29) is 12.5 Å². The summed E-state index contributed by atoms with van der Waals surface area (Å²) in [6.07, 6.45) is -0.0756. The molecule has 0 radical (unpaired) electrons. The number of fused-ring (bicyclic) bond motifs is 1. The summed E-state index contributed by atoms with van der Waals surface area (Å²) < 4.78 is 5.19. The molecule has 33 heavy (non-hydrogen) atoms. The van der Waals surface area contributed by atoms with E-state index in [1.807, 2.05) is 42.5 Å². The predicted octanol–water partition coefficient (Wildman–Crippen LogP) is 2.35. The monoisotopic (exact) mass is 450 g/mol. The highest BCUT2D eigenvalue weighted by molar-refractivity contribution is 5.86. The summed E-state index contributed by atoms with van der Waals surface area (Å²) in [5.74, 6) is 5.95. The van der Waals surface area contributed by atoms with Crippen LogP contribution < -0.4 is 5.32 Å². The molecule has 0 unspecified atom stereocenters. The number of carbonyl (C=O) groups is 2. The molecule has 7 heteroatoms. The second-order valence-corrected chi connectivity index (χ2v) is 8.98. The van der Waals surface area contributed by atoms with Crippen molar-refractivity contribution in [1.29, 1.82) is 0 Å². The Bertz CT molecular complexity index is 1060. The predicted molar refractivity (Wildman–Crippen MR) is 124 cm³/mol. The van der Waals surface area contributed by atoms with Crippen LogP contribution in [0.25, 0.3) is 0 Å². The smallest absolute Gasteiger partial charge is 0.408 e. The SMILES string of the molecule is CC(C)(C)OC(=O)N[C@H](CO)C(=O)N1CCc2cc(C#Cc3ccc(CO)cc3)ccc2C1. The van der Waals surface area contributed by atoms with E-state index in [0.717, 1.165) is 27.8 Å². The summed E-state index contributed by atoms with van der Waals surface area (Å²) in [5.41, 5.74) is 4.05. The molecule has 0 saturated heterocycles. The number of ether oxygens (including phenoxy) is 1. The second-order valence-electron chi connectivity index (χ2n) is 8.98. The zero-order valence-corrected chi connectivity index (χ0v) is 19.2. The first-order chi connectivity index (χ1) is 15.7. The molecule has 2 aromatic rings. The number of amides is 2. The maximum atomic E-state index is 12.9. The number of hydrogen-bond donors (Lipinski definition) is 3. The second kappa shape index (κ2) is 10.5. The summed E-state index contributed by atoms with van der Waals surface area (Å²) in [6.45, 7) is 5.58. The Morgan fingerprint density at radius 3 is 2.36 bits per heavy atom. The number of aliphatic hydroxyl groups excluding tert-OH is 2. The fourth-order valence-electron chi connectivity index (χ4n) is 3.51. The third-order valence-electron chi connectivity index (χ3n) is 5.19. The first-order valence-electron chi connectivity index (χ1n) is 10.9. The van der Waals surface area contributed by atoms with Gasteiger partial charge in [-0.2, -0.15) is 0 Å². The van der Waals surface area contributed by atoms with Gasteiger partial charge < -0.3 is 25.2 Å². The molecule has 1 atom stereocenters. The molecule has 0 fully saturated rings. The average molecular weight is 451 g/mol. The molecule has 0 bridgehead atoms. The Hall–Kier alpha value is -3.34. The third-order valence-corrected chi connectivity index (χ3v) is 5.19.